The Morgan fingerprint density at radius 3 is 2.14 bits per heavy atom. The molecule has 2 amide bonds. The third-order valence-electron chi connectivity index (χ3n) is 4.63. The molecule has 7 heteroatoms. The number of nitrogens with one attached hydrogen (secondary N) is 2. The molecule has 1 heterocycles. The summed E-state index contributed by atoms with van der Waals surface area (Å²) in [7, 11) is -3.11. The monoisotopic (exact) mass is 331 g/mol. The van der Waals surface area contributed by atoms with Gasteiger partial charge in [-0.1, -0.05) is 26.2 Å². The SMILES string of the molecule is CCCCS(=O)(=O)N1CCC(NC(=O)NC2CCCC2)CC1. The molecule has 2 N–H and O–H groups in total. The minimum atomic E-state index is -3.11. The maximum absolute atomic E-state index is 12.1. The van der Waals surface area contributed by atoms with Gasteiger partial charge >= 0.3 is 6.03 Å². The number of hydrogen-bond donors (Lipinski definition) is 2. The molecular weight excluding hydrogens is 302 g/mol. The summed E-state index contributed by atoms with van der Waals surface area (Å²) >= 11 is 0. The van der Waals surface area contributed by atoms with Gasteiger partial charge in [0.05, 0.1) is 5.75 Å². The number of nitrogens with zero attached hydrogens (tertiary/aromatic N) is 1. The standard InChI is InChI=1S/C15H29N3O3S/c1-2-3-12-22(20,21)18-10-8-14(9-11-18)17-15(19)16-13-6-4-5-7-13/h13-14H,2-12H2,1H3,(H2,16,17,19). The van der Waals surface area contributed by atoms with Crippen molar-refractivity contribution >= 4 is 16.1 Å². The highest BCUT2D eigenvalue weighted by Gasteiger charge is 2.28. The van der Waals surface area contributed by atoms with Gasteiger partial charge in [-0.05, 0) is 32.1 Å². The van der Waals surface area contributed by atoms with Crippen LogP contribution in [0.25, 0.3) is 0 Å². The summed E-state index contributed by atoms with van der Waals surface area (Å²) < 4.78 is 25.8. The Hall–Kier alpha value is -0.820. The van der Waals surface area contributed by atoms with Crippen molar-refractivity contribution in [1.29, 1.82) is 0 Å². The molecule has 0 spiro atoms. The predicted molar refractivity (Wildman–Crippen MR) is 87.2 cm³/mol. The maximum atomic E-state index is 12.1. The minimum absolute atomic E-state index is 0.0824. The summed E-state index contributed by atoms with van der Waals surface area (Å²) in [5, 5.41) is 6.00. The largest absolute Gasteiger partial charge is 0.335 e. The molecular formula is C15H29N3O3S. The average molecular weight is 331 g/mol. The molecule has 2 fully saturated rings. The first-order chi connectivity index (χ1) is 10.5. The Morgan fingerprint density at radius 1 is 1.05 bits per heavy atom. The molecule has 22 heavy (non-hydrogen) atoms. The Kier molecular flexibility index (Phi) is 6.50. The van der Waals surface area contributed by atoms with Gasteiger partial charge in [0.25, 0.3) is 0 Å². The molecule has 0 radical (unpaired) electrons. The third-order valence-corrected chi connectivity index (χ3v) is 6.59. The van der Waals surface area contributed by atoms with E-state index in [2.05, 4.69) is 10.6 Å². The second-order valence-corrected chi connectivity index (χ2v) is 8.53. The number of unbranched alkanes of at least 4 members (excludes halogenated alkanes) is 1. The molecule has 1 aliphatic carbocycles. The summed E-state index contributed by atoms with van der Waals surface area (Å²) in [5.41, 5.74) is 0. The van der Waals surface area contributed by atoms with Crippen LogP contribution in [0.1, 0.15) is 58.3 Å². The van der Waals surface area contributed by atoms with Crippen LogP contribution in [-0.4, -0.2) is 49.7 Å². The second kappa shape index (κ2) is 8.15. The molecule has 6 nitrogen and oxygen atoms in total. The van der Waals surface area contributed by atoms with Gasteiger partial charge in [0.1, 0.15) is 0 Å². The summed E-state index contributed by atoms with van der Waals surface area (Å²) in [6.07, 6.45) is 7.52. The van der Waals surface area contributed by atoms with E-state index in [0.29, 0.717) is 38.4 Å². The van der Waals surface area contributed by atoms with Crippen LogP contribution in [0, 0.1) is 0 Å². The molecule has 0 aromatic rings. The predicted octanol–water partition coefficient (Wildman–Crippen LogP) is 1.82. The Bertz CT molecular complexity index is 453. The normalized spacial score (nSPS) is 21.9. The molecule has 1 saturated heterocycles. The smallest absolute Gasteiger partial charge is 0.315 e. The molecule has 128 valence electrons. The van der Waals surface area contributed by atoms with Crippen molar-refractivity contribution in [3.63, 3.8) is 0 Å². The fraction of sp³-hybridized carbons (Fsp3) is 0.933. The van der Waals surface area contributed by atoms with Crippen LogP contribution in [0.3, 0.4) is 0 Å². The minimum Gasteiger partial charge on any atom is -0.335 e. The fourth-order valence-corrected chi connectivity index (χ4v) is 4.90. The van der Waals surface area contributed by atoms with Gasteiger partial charge in [0, 0.05) is 25.2 Å². The molecule has 0 aromatic carbocycles. The van der Waals surface area contributed by atoms with Crippen molar-refractivity contribution in [3.8, 4) is 0 Å². The van der Waals surface area contributed by atoms with Crippen LogP contribution in [-0.2, 0) is 10.0 Å². The van der Waals surface area contributed by atoms with E-state index in [1.54, 1.807) is 4.31 Å². The zero-order valence-electron chi connectivity index (χ0n) is 13.5. The number of carbonyl (C=O) groups excluding carboxylic acids is 1. The number of amides is 2. The van der Waals surface area contributed by atoms with Gasteiger partial charge in [-0.2, -0.15) is 0 Å². The summed E-state index contributed by atoms with van der Waals surface area (Å²) in [6.45, 7) is 3.02. The highest BCUT2D eigenvalue weighted by Crippen LogP contribution is 2.18. The topological polar surface area (TPSA) is 78.5 Å². The lowest BCUT2D eigenvalue weighted by Crippen LogP contribution is -2.50. The molecule has 1 aliphatic heterocycles. The van der Waals surface area contributed by atoms with Crippen molar-refractivity contribution in [3.05, 3.63) is 0 Å². The third kappa shape index (κ3) is 5.12. The van der Waals surface area contributed by atoms with Crippen molar-refractivity contribution in [2.75, 3.05) is 18.8 Å². The maximum Gasteiger partial charge on any atom is 0.315 e. The molecule has 0 bridgehead atoms. The lowest BCUT2D eigenvalue weighted by molar-refractivity contribution is 0.224. The van der Waals surface area contributed by atoms with Crippen molar-refractivity contribution in [2.45, 2.75) is 70.4 Å². The molecule has 2 aliphatic rings. The molecule has 0 atom stereocenters. The van der Waals surface area contributed by atoms with Gasteiger partial charge in [0.2, 0.25) is 10.0 Å². The van der Waals surface area contributed by atoms with Crippen molar-refractivity contribution < 1.29 is 13.2 Å². The van der Waals surface area contributed by atoms with Gasteiger partial charge < -0.3 is 10.6 Å². The average Bonchev–Trinajstić information content (AvgIpc) is 2.98. The summed E-state index contributed by atoms with van der Waals surface area (Å²) in [5.74, 6) is 0.240. The molecule has 2 rings (SSSR count). The Balaban J connectivity index is 1.71. The van der Waals surface area contributed by atoms with Crippen LogP contribution < -0.4 is 10.6 Å². The second-order valence-electron chi connectivity index (χ2n) is 6.44. The Labute approximate surface area is 134 Å². The van der Waals surface area contributed by atoms with Gasteiger partial charge in [0.15, 0.2) is 0 Å². The summed E-state index contributed by atoms with van der Waals surface area (Å²) in [6, 6.07) is 0.299. The van der Waals surface area contributed by atoms with Gasteiger partial charge in [-0.15, -0.1) is 0 Å². The number of urea groups is 1. The summed E-state index contributed by atoms with van der Waals surface area (Å²) in [4.78, 5) is 11.9. The zero-order valence-corrected chi connectivity index (χ0v) is 14.3. The first kappa shape index (κ1) is 17.5. The van der Waals surface area contributed by atoms with E-state index in [1.165, 1.54) is 12.8 Å². The van der Waals surface area contributed by atoms with Crippen LogP contribution in [0.2, 0.25) is 0 Å². The first-order valence-corrected chi connectivity index (χ1v) is 10.2. The zero-order chi connectivity index (χ0) is 16.0. The number of rotatable bonds is 6. The van der Waals surface area contributed by atoms with E-state index >= 15 is 0 Å². The molecule has 0 unspecified atom stereocenters. The Morgan fingerprint density at radius 2 is 1.59 bits per heavy atom. The molecule has 1 saturated carbocycles. The van der Waals surface area contributed by atoms with E-state index in [1.807, 2.05) is 6.92 Å². The van der Waals surface area contributed by atoms with E-state index in [-0.39, 0.29) is 17.8 Å². The van der Waals surface area contributed by atoms with Crippen molar-refractivity contribution in [1.82, 2.24) is 14.9 Å². The molecule has 0 aromatic heterocycles. The van der Waals surface area contributed by atoms with E-state index in [9.17, 15) is 13.2 Å². The van der Waals surface area contributed by atoms with E-state index < -0.39 is 10.0 Å². The number of hydrogen-bond acceptors (Lipinski definition) is 3. The highest BCUT2D eigenvalue weighted by atomic mass is 32.2. The van der Waals surface area contributed by atoms with Gasteiger partial charge in [-0.3, -0.25) is 0 Å². The number of carbonyl (C=O) groups is 1. The number of piperidine rings is 1. The lowest BCUT2D eigenvalue weighted by Gasteiger charge is -2.31. The lowest BCUT2D eigenvalue weighted by atomic mass is 10.1. The number of sulfonamides is 1. The van der Waals surface area contributed by atoms with Crippen LogP contribution >= 0.6 is 0 Å². The first-order valence-electron chi connectivity index (χ1n) is 8.56. The fourth-order valence-electron chi connectivity index (χ4n) is 3.22. The highest BCUT2D eigenvalue weighted by molar-refractivity contribution is 7.89. The van der Waals surface area contributed by atoms with Gasteiger partial charge in [-0.25, -0.2) is 17.5 Å². The quantitative estimate of drug-likeness (QED) is 0.779. The van der Waals surface area contributed by atoms with E-state index in [4.69, 9.17) is 0 Å². The van der Waals surface area contributed by atoms with Crippen LogP contribution in [0.4, 0.5) is 4.79 Å². The van der Waals surface area contributed by atoms with Crippen molar-refractivity contribution in [2.24, 2.45) is 0 Å². The van der Waals surface area contributed by atoms with Crippen LogP contribution in [0.5, 0.6) is 0 Å². The van der Waals surface area contributed by atoms with Crippen LogP contribution in [0.15, 0.2) is 0 Å². The van der Waals surface area contributed by atoms with E-state index in [0.717, 1.165) is 19.3 Å².